The Hall–Kier alpha value is -0.410. The predicted octanol–water partition coefficient (Wildman–Crippen LogP) is 2.98. The molecule has 0 radical (unpaired) electrons. The minimum absolute atomic E-state index is 0.0471. The molecule has 0 aromatic carbocycles. The maximum Gasteiger partial charge on any atom is 0.0794 e. The van der Waals surface area contributed by atoms with Gasteiger partial charge in [0.05, 0.1) is 5.51 Å². The highest BCUT2D eigenvalue weighted by molar-refractivity contribution is 7.09. The number of nitrogens with zero attached hydrogens (tertiary/aromatic N) is 1. The van der Waals surface area contributed by atoms with Crippen LogP contribution in [0.3, 0.4) is 0 Å². The molecule has 1 aromatic heterocycles. The highest BCUT2D eigenvalue weighted by atomic mass is 32.1. The molecule has 0 bridgehead atoms. The lowest BCUT2D eigenvalue weighted by Gasteiger charge is -2.37. The summed E-state index contributed by atoms with van der Waals surface area (Å²) in [5, 5.41) is 0. The van der Waals surface area contributed by atoms with E-state index in [0.717, 1.165) is 12.3 Å². The van der Waals surface area contributed by atoms with Crippen LogP contribution in [0.2, 0.25) is 0 Å². The van der Waals surface area contributed by atoms with Crippen molar-refractivity contribution in [3.8, 4) is 0 Å². The molecule has 2 atom stereocenters. The van der Waals surface area contributed by atoms with E-state index in [2.05, 4.69) is 11.9 Å². The fourth-order valence-electron chi connectivity index (χ4n) is 2.71. The van der Waals surface area contributed by atoms with Gasteiger partial charge in [0.2, 0.25) is 0 Å². The first-order valence-corrected chi connectivity index (χ1v) is 6.76. The molecule has 1 saturated carbocycles. The van der Waals surface area contributed by atoms with E-state index in [0.29, 0.717) is 0 Å². The molecule has 0 amide bonds. The van der Waals surface area contributed by atoms with Gasteiger partial charge in [-0.3, -0.25) is 4.98 Å². The van der Waals surface area contributed by atoms with Gasteiger partial charge < -0.3 is 5.73 Å². The Bertz CT molecular complexity index is 297. The first kappa shape index (κ1) is 11.1. The van der Waals surface area contributed by atoms with Crippen LogP contribution in [0, 0.1) is 5.92 Å². The summed E-state index contributed by atoms with van der Waals surface area (Å²) in [5.74, 6) is 0.844. The van der Waals surface area contributed by atoms with Crippen LogP contribution in [0.4, 0.5) is 0 Å². The van der Waals surface area contributed by atoms with Crippen molar-refractivity contribution in [1.29, 1.82) is 0 Å². The van der Waals surface area contributed by atoms with Gasteiger partial charge in [0.15, 0.2) is 0 Å². The van der Waals surface area contributed by atoms with E-state index in [9.17, 15) is 0 Å². The van der Waals surface area contributed by atoms with Crippen molar-refractivity contribution in [2.24, 2.45) is 11.7 Å². The second-order valence-electron chi connectivity index (χ2n) is 4.88. The third-order valence-corrected chi connectivity index (χ3v) is 4.35. The minimum atomic E-state index is 0.0471. The predicted molar refractivity (Wildman–Crippen MR) is 65.0 cm³/mol. The lowest BCUT2D eigenvalue weighted by atomic mass is 9.73. The zero-order valence-electron chi connectivity index (χ0n) is 9.41. The van der Waals surface area contributed by atoms with E-state index in [4.69, 9.17) is 5.73 Å². The van der Waals surface area contributed by atoms with Gasteiger partial charge in [0.25, 0.3) is 0 Å². The summed E-state index contributed by atoms with van der Waals surface area (Å²) in [6.45, 7) is 2.28. The molecule has 3 heteroatoms. The van der Waals surface area contributed by atoms with Crippen LogP contribution in [0.25, 0.3) is 0 Å². The molecule has 84 valence electrons. The Labute approximate surface area is 95.9 Å². The SMILES string of the molecule is CCC1CCCC(N)(Cc2cncs2)C1. The van der Waals surface area contributed by atoms with Crippen molar-refractivity contribution in [1.82, 2.24) is 4.98 Å². The summed E-state index contributed by atoms with van der Waals surface area (Å²) in [6, 6.07) is 0. The molecule has 2 rings (SSSR count). The molecular formula is C12H20N2S. The summed E-state index contributed by atoms with van der Waals surface area (Å²) in [4.78, 5) is 5.46. The number of thiazole rings is 1. The van der Waals surface area contributed by atoms with E-state index < -0.39 is 0 Å². The normalized spacial score (nSPS) is 31.7. The number of rotatable bonds is 3. The average Bonchev–Trinajstić information content (AvgIpc) is 2.69. The summed E-state index contributed by atoms with van der Waals surface area (Å²) < 4.78 is 0. The van der Waals surface area contributed by atoms with Crippen molar-refractivity contribution >= 4 is 11.3 Å². The summed E-state index contributed by atoms with van der Waals surface area (Å²) in [6.07, 6.45) is 9.32. The van der Waals surface area contributed by atoms with Gasteiger partial charge in [0, 0.05) is 23.0 Å². The minimum Gasteiger partial charge on any atom is -0.325 e. The van der Waals surface area contributed by atoms with E-state index >= 15 is 0 Å². The number of hydrogen-bond donors (Lipinski definition) is 1. The van der Waals surface area contributed by atoms with Gasteiger partial charge in [-0.15, -0.1) is 11.3 Å². The molecule has 15 heavy (non-hydrogen) atoms. The highest BCUT2D eigenvalue weighted by Crippen LogP contribution is 2.35. The Kier molecular flexibility index (Phi) is 3.42. The van der Waals surface area contributed by atoms with Gasteiger partial charge in [-0.1, -0.05) is 26.2 Å². The molecule has 0 saturated heterocycles. The maximum atomic E-state index is 6.50. The van der Waals surface area contributed by atoms with Crippen molar-refractivity contribution in [2.75, 3.05) is 0 Å². The molecule has 0 aliphatic heterocycles. The number of hydrogen-bond acceptors (Lipinski definition) is 3. The Morgan fingerprint density at radius 1 is 1.67 bits per heavy atom. The molecule has 0 spiro atoms. The van der Waals surface area contributed by atoms with Crippen molar-refractivity contribution in [3.05, 3.63) is 16.6 Å². The van der Waals surface area contributed by atoms with E-state index in [1.807, 2.05) is 11.7 Å². The monoisotopic (exact) mass is 224 g/mol. The lowest BCUT2D eigenvalue weighted by molar-refractivity contribution is 0.219. The van der Waals surface area contributed by atoms with Crippen molar-refractivity contribution in [2.45, 2.75) is 51.0 Å². The van der Waals surface area contributed by atoms with Crippen molar-refractivity contribution < 1.29 is 0 Å². The smallest absolute Gasteiger partial charge is 0.0794 e. The van der Waals surface area contributed by atoms with Crippen LogP contribution in [0.5, 0.6) is 0 Å². The lowest BCUT2D eigenvalue weighted by Crippen LogP contribution is -2.46. The van der Waals surface area contributed by atoms with Crippen LogP contribution in [0.15, 0.2) is 11.7 Å². The molecule has 2 N–H and O–H groups in total. The number of aromatic nitrogens is 1. The van der Waals surface area contributed by atoms with Crippen LogP contribution in [-0.4, -0.2) is 10.5 Å². The third kappa shape index (κ3) is 2.79. The van der Waals surface area contributed by atoms with Crippen LogP contribution in [0.1, 0.15) is 43.9 Å². The average molecular weight is 224 g/mol. The quantitative estimate of drug-likeness (QED) is 0.857. The summed E-state index contributed by atoms with van der Waals surface area (Å²) >= 11 is 1.73. The fraction of sp³-hybridized carbons (Fsp3) is 0.750. The van der Waals surface area contributed by atoms with Crippen LogP contribution in [-0.2, 0) is 6.42 Å². The maximum absolute atomic E-state index is 6.50. The molecule has 1 heterocycles. The van der Waals surface area contributed by atoms with Gasteiger partial charge in [0.1, 0.15) is 0 Å². The molecule has 1 aliphatic carbocycles. The van der Waals surface area contributed by atoms with Gasteiger partial charge in [-0.2, -0.15) is 0 Å². The Morgan fingerprint density at radius 2 is 2.53 bits per heavy atom. The molecule has 1 aliphatic rings. The zero-order chi connectivity index (χ0) is 10.7. The summed E-state index contributed by atoms with van der Waals surface area (Å²) in [7, 11) is 0. The van der Waals surface area contributed by atoms with Gasteiger partial charge in [-0.05, 0) is 18.8 Å². The standard InChI is InChI=1S/C12H20N2S/c1-2-10-4-3-5-12(13,6-10)7-11-8-14-9-15-11/h8-10H,2-7,13H2,1H3. The van der Waals surface area contributed by atoms with E-state index in [1.54, 1.807) is 11.3 Å². The summed E-state index contributed by atoms with van der Waals surface area (Å²) in [5.41, 5.74) is 8.44. The topological polar surface area (TPSA) is 38.9 Å². The molecule has 2 nitrogen and oxygen atoms in total. The van der Waals surface area contributed by atoms with E-state index in [1.165, 1.54) is 37.0 Å². The van der Waals surface area contributed by atoms with Crippen molar-refractivity contribution in [3.63, 3.8) is 0 Å². The molecule has 1 aromatic rings. The first-order valence-electron chi connectivity index (χ1n) is 5.88. The van der Waals surface area contributed by atoms with Gasteiger partial charge >= 0.3 is 0 Å². The zero-order valence-corrected chi connectivity index (χ0v) is 10.2. The second-order valence-corrected chi connectivity index (χ2v) is 5.85. The third-order valence-electron chi connectivity index (χ3n) is 3.57. The van der Waals surface area contributed by atoms with Crippen LogP contribution < -0.4 is 5.73 Å². The first-order chi connectivity index (χ1) is 7.22. The second kappa shape index (κ2) is 4.62. The molecule has 1 fully saturated rings. The molecular weight excluding hydrogens is 204 g/mol. The van der Waals surface area contributed by atoms with Crippen LogP contribution >= 0.6 is 11.3 Å². The Morgan fingerprint density at radius 3 is 3.20 bits per heavy atom. The molecule has 2 unspecified atom stereocenters. The van der Waals surface area contributed by atoms with Gasteiger partial charge in [-0.25, -0.2) is 0 Å². The largest absolute Gasteiger partial charge is 0.325 e. The van der Waals surface area contributed by atoms with E-state index in [-0.39, 0.29) is 5.54 Å². The fourth-order valence-corrected chi connectivity index (χ4v) is 3.46. The Balaban J connectivity index is 1.99. The number of nitrogens with two attached hydrogens (primary N) is 1. The highest BCUT2D eigenvalue weighted by Gasteiger charge is 2.32.